The van der Waals surface area contributed by atoms with Crippen LogP contribution in [-0.4, -0.2) is 0 Å². The van der Waals surface area contributed by atoms with E-state index in [1.54, 1.807) is 0 Å². The number of allylic oxidation sites excluding steroid dienone is 3. The van der Waals surface area contributed by atoms with Crippen molar-refractivity contribution in [1.29, 1.82) is 0 Å². The fourth-order valence-corrected chi connectivity index (χ4v) is 1.41. The summed E-state index contributed by atoms with van der Waals surface area (Å²) in [7, 11) is 0. The van der Waals surface area contributed by atoms with Crippen LogP contribution in [0, 0.1) is 11.8 Å². The third kappa shape index (κ3) is 3.11. The van der Waals surface area contributed by atoms with Crippen LogP contribution in [0.25, 0.3) is 0 Å². The molecule has 0 aromatic heterocycles. The van der Waals surface area contributed by atoms with E-state index in [9.17, 15) is 0 Å². The molecule has 0 heterocycles. The first-order valence-corrected chi connectivity index (χ1v) is 5.19. The number of hydrogen-bond donors (Lipinski definition) is 0. The van der Waals surface area contributed by atoms with Crippen molar-refractivity contribution < 1.29 is 0 Å². The molecule has 0 fully saturated rings. The van der Waals surface area contributed by atoms with Gasteiger partial charge in [-0.2, -0.15) is 0 Å². The van der Waals surface area contributed by atoms with Gasteiger partial charge in [0.15, 0.2) is 0 Å². The van der Waals surface area contributed by atoms with Crippen LogP contribution in [0.4, 0.5) is 0 Å². The van der Waals surface area contributed by atoms with Gasteiger partial charge in [0, 0.05) is 12.0 Å². The van der Waals surface area contributed by atoms with Crippen molar-refractivity contribution in [2.75, 3.05) is 0 Å². The minimum absolute atomic E-state index is 1.04. The largest absolute Gasteiger partial charge is 0.103 e. The summed E-state index contributed by atoms with van der Waals surface area (Å²) < 4.78 is 0. The number of hydrogen-bond acceptors (Lipinski definition) is 0. The van der Waals surface area contributed by atoms with Gasteiger partial charge in [-0.3, -0.25) is 0 Å². The molecule has 0 spiro atoms. The fraction of sp³-hybridized carbons (Fsp3) is 0.538. The third-order valence-electron chi connectivity index (χ3n) is 2.39. The molecule has 1 aliphatic carbocycles. The molecule has 0 atom stereocenters. The molecular weight excluding hydrogens is 156 g/mol. The summed E-state index contributed by atoms with van der Waals surface area (Å²) in [6.45, 7) is 5.95. The molecule has 0 saturated carbocycles. The zero-order valence-electron chi connectivity index (χ0n) is 8.53. The molecule has 0 nitrogen and oxygen atoms in total. The summed E-state index contributed by atoms with van der Waals surface area (Å²) in [5, 5.41) is 0. The first kappa shape index (κ1) is 10.1. The minimum atomic E-state index is 1.04. The Balaban J connectivity index is 2.38. The maximum atomic E-state index is 3.74. The highest BCUT2D eigenvalue weighted by atomic mass is 14.2. The summed E-state index contributed by atoms with van der Waals surface area (Å²) in [5.74, 6) is 6.51. The lowest BCUT2D eigenvalue weighted by atomic mass is 9.86. The quantitative estimate of drug-likeness (QED) is 0.345. The van der Waals surface area contributed by atoms with Crippen molar-refractivity contribution in [3.05, 3.63) is 23.8 Å². The highest BCUT2D eigenvalue weighted by Gasteiger charge is 2.12. The standard InChI is InChI=1S/C13H18/c1-3-5-6-7-9-13-11-10-12(13)8-4-2/h4H,2-3,5-6,8,10-11H2,1H3. The minimum Gasteiger partial charge on any atom is -0.103 e. The van der Waals surface area contributed by atoms with Crippen LogP contribution in [-0.2, 0) is 0 Å². The summed E-state index contributed by atoms with van der Waals surface area (Å²) in [6.07, 6.45) is 8.98. The van der Waals surface area contributed by atoms with E-state index < -0.39 is 0 Å². The molecule has 0 aromatic carbocycles. The first-order chi connectivity index (χ1) is 6.38. The number of rotatable bonds is 4. The maximum absolute atomic E-state index is 3.74. The van der Waals surface area contributed by atoms with E-state index in [0.717, 1.165) is 12.8 Å². The fourth-order valence-electron chi connectivity index (χ4n) is 1.41. The average Bonchev–Trinajstić information content (AvgIpc) is 2.12. The van der Waals surface area contributed by atoms with E-state index in [1.165, 1.54) is 36.8 Å². The Labute approximate surface area is 81.7 Å². The topological polar surface area (TPSA) is 0 Å². The van der Waals surface area contributed by atoms with Crippen molar-refractivity contribution in [3.63, 3.8) is 0 Å². The highest BCUT2D eigenvalue weighted by molar-refractivity contribution is 5.40. The Bertz CT molecular complexity index is 257. The van der Waals surface area contributed by atoms with Crippen LogP contribution in [0.15, 0.2) is 23.8 Å². The molecule has 0 amide bonds. The molecule has 13 heavy (non-hydrogen) atoms. The van der Waals surface area contributed by atoms with Gasteiger partial charge < -0.3 is 0 Å². The molecule has 0 saturated heterocycles. The van der Waals surface area contributed by atoms with E-state index >= 15 is 0 Å². The van der Waals surface area contributed by atoms with Gasteiger partial charge in [0.2, 0.25) is 0 Å². The molecule has 70 valence electrons. The lowest BCUT2D eigenvalue weighted by Crippen LogP contribution is -2.01. The molecular formula is C13H18. The lowest BCUT2D eigenvalue weighted by molar-refractivity contribution is 0.802. The van der Waals surface area contributed by atoms with Gasteiger partial charge in [-0.05, 0) is 25.7 Å². The normalized spacial score (nSPS) is 14.5. The Morgan fingerprint density at radius 1 is 1.46 bits per heavy atom. The predicted octanol–water partition coefficient (Wildman–Crippen LogP) is 3.85. The molecule has 0 aliphatic heterocycles. The summed E-state index contributed by atoms with van der Waals surface area (Å²) in [6, 6.07) is 0. The van der Waals surface area contributed by atoms with Crippen molar-refractivity contribution in [3.8, 4) is 11.8 Å². The van der Waals surface area contributed by atoms with Crippen LogP contribution in [0.2, 0.25) is 0 Å². The predicted molar refractivity (Wildman–Crippen MR) is 58.4 cm³/mol. The van der Waals surface area contributed by atoms with Gasteiger partial charge in [-0.15, -0.1) is 6.58 Å². The molecule has 0 radical (unpaired) electrons. The van der Waals surface area contributed by atoms with Gasteiger partial charge in [0.1, 0.15) is 0 Å². The molecule has 1 aliphatic rings. The van der Waals surface area contributed by atoms with E-state index in [1.807, 2.05) is 6.08 Å². The van der Waals surface area contributed by atoms with E-state index in [4.69, 9.17) is 0 Å². The van der Waals surface area contributed by atoms with Crippen LogP contribution in [0.1, 0.15) is 45.4 Å². The number of unbranched alkanes of at least 4 members (excludes halogenated alkanes) is 2. The maximum Gasteiger partial charge on any atom is 0.00922 e. The van der Waals surface area contributed by atoms with Crippen LogP contribution in [0.3, 0.4) is 0 Å². The molecule has 0 N–H and O–H groups in total. The first-order valence-electron chi connectivity index (χ1n) is 5.19. The van der Waals surface area contributed by atoms with Gasteiger partial charge in [-0.1, -0.05) is 36.8 Å². The van der Waals surface area contributed by atoms with Crippen molar-refractivity contribution >= 4 is 0 Å². The van der Waals surface area contributed by atoms with E-state index in [2.05, 4.69) is 25.3 Å². The second-order valence-corrected chi connectivity index (χ2v) is 3.48. The van der Waals surface area contributed by atoms with E-state index in [-0.39, 0.29) is 0 Å². The molecule has 0 unspecified atom stereocenters. The van der Waals surface area contributed by atoms with Crippen molar-refractivity contribution in [2.45, 2.75) is 45.4 Å². The smallest absolute Gasteiger partial charge is 0.00922 e. The summed E-state index contributed by atoms with van der Waals surface area (Å²) >= 11 is 0. The molecule has 0 heteroatoms. The van der Waals surface area contributed by atoms with Gasteiger partial charge >= 0.3 is 0 Å². The van der Waals surface area contributed by atoms with Crippen molar-refractivity contribution in [1.82, 2.24) is 0 Å². The van der Waals surface area contributed by atoms with Gasteiger partial charge in [-0.25, -0.2) is 0 Å². The van der Waals surface area contributed by atoms with Gasteiger partial charge in [0.25, 0.3) is 0 Å². The second kappa shape index (κ2) is 5.65. The molecule has 1 rings (SSSR count). The van der Waals surface area contributed by atoms with Crippen molar-refractivity contribution in [2.24, 2.45) is 0 Å². The van der Waals surface area contributed by atoms with Crippen LogP contribution in [0.5, 0.6) is 0 Å². The average molecular weight is 174 g/mol. The zero-order chi connectivity index (χ0) is 9.52. The van der Waals surface area contributed by atoms with E-state index in [0.29, 0.717) is 0 Å². The summed E-state index contributed by atoms with van der Waals surface area (Å²) in [5.41, 5.74) is 2.90. The zero-order valence-corrected chi connectivity index (χ0v) is 8.53. The monoisotopic (exact) mass is 174 g/mol. The lowest BCUT2D eigenvalue weighted by Gasteiger charge is -2.18. The highest BCUT2D eigenvalue weighted by Crippen LogP contribution is 2.29. The Hall–Kier alpha value is -0.960. The summed E-state index contributed by atoms with van der Waals surface area (Å²) in [4.78, 5) is 0. The molecule has 0 bridgehead atoms. The van der Waals surface area contributed by atoms with Crippen LogP contribution < -0.4 is 0 Å². The second-order valence-electron chi connectivity index (χ2n) is 3.48. The van der Waals surface area contributed by atoms with Crippen LogP contribution >= 0.6 is 0 Å². The third-order valence-corrected chi connectivity index (χ3v) is 2.39. The SMILES string of the molecule is C=CCC1=C(C#CCCCC)CC1. The Kier molecular flexibility index (Phi) is 4.40. The molecule has 0 aromatic rings. The Morgan fingerprint density at radius 2 is 2.31 bits per heavy atom. The Morgan fingerprint density at radius 3 is 2.85 bits per heavy atom. The van der Waals surface area contributed by atoms with Gasteiger partial charge in [0.05, 0.1) is 0 Å².